The van der Waals surface area contributed by atoms with Crippen molar-refractivity contribution in [2.75, 3.05) is 0 Å². The predicted molar refractivity (Wildman–Crippen MR) is 47.4 cm³/mol. The zero-order valence-corrected chi connectivity index (χ0v) is 7.09. The lowest BCUT2D eigenvalue weighted by atomic mass is 10.1. The van der Waals surface area contributed by atoms with Crippen LogP contribution in [0.25, 0.3) is 0 Å². The normalized spacial score (nSPS) is 16.4. The summed E-state index contributed by atoms with van der Waals surface area (Å²) in [5.74, 6) is 0.834. The zero-order valence-electron chi connectivity index (χ0n) is 7.09. The molecule has 0 spiro atoms. The summed E-state index contributed by atoms with van der Waals surface area (Å²) in [5.41, 5.74) is 1.27. The Morgan fingerprint density at radius 1 is 1.17 bits per heavy atom. The van der Waals surface area contributed by atoms with Crippen LogP contribution in [0.4, 0.5) is 4.39 Å². The molecule has 0 nitrogen and oxygen atoms in total. The lowest BCUT2D eigenvalue weighted by Gasteiger charge is -1.98. The second-order valence-corrected chi connectivity index (χ2v) is 3.61. The van der Waals surface area contributed by atoms with Gasteiger partial charge in [0.1, 0.15) is 5.82 Å². The summed E-state index contributed by atoms with van der Waals surface area (Å²) >= 11 is 0. The largest absolute Gasteiger partial charge is 0.207 e. The van der Waals surface area contributed by atoms with Gasteiger partial charge in [-0.2, -0.15) is 0 Å². The van der Waals surface area contributed by atoms with Crippen molar-refractivity contribution in [2.45, 2.75) is 25.7 Å². The minimum Gasteiger partial charge on any atom is -0.207 e. The molecule has 1 fully saturated rings. The highest BCUT2D eigenvalue weighted by atomic mass is 19.1. The van der Waals surface area contributed by atoms with Crippen LogP contribution in [0.5, 0.6) is 0 Å². The molecule has 1 aromatic carbocycles. The monoisotopic (exact) mass is 164 g/mol. The minimum absolute atomic E-state index is 0.134. The van der Waals surface area contributed by atoms with Crippen LogP contribution in [0.2, 0.25) is 0 Å². The van der Waals surface area contributed by atoms with Gasteiger partial charge in [-0.05, 0) is 36.5 Å². The average Bonchev–Trinajstić information content (AvgIpc) is 2.87. The van der Waals surface area contributed by atoms with E-state index < -0.39 is 0 Å². The molecule has 0 aliphatic heterocycles. The molecule has 1 saturated carbocycles. The number of rotatable bonds is 3. The molecule has 2 rings (SSSR count). The molecule has 0 aromatic heterocycles. The molecule has 0 radical (unpaired) electrons. The minimum atomic E-state index is -0.134. The molecule has 0 bridgehead atoms. The summed E-state index contributed by atoms with van der Waals surface area (Å²) in [4.78, 5) is 0. The van der Waals surface area contributed by atoms with Crippen LogP contribution in [-0.4, -0.2) is 0 Å². The summed E-state index contributed by atoms with van der Waals surface area (Å²) in [6.07, 6.45) is 5.21. The Morgan fingerprint density at radius 2 is 1.83 bits per heavy atom. The van der Waals surface area contributed by atoms with Crippen molar-refractivity contribution in [3.05, 3.63) is 35.6 Å². The van der Waals surface area contributed by atoms with E-state index >= 15 is 0 Å². The fourth-order valence-electron chi connectivity index (χ4n) is 1.43. The van der Waals surface area contributed by atoms with Crippen LogP contribution in [0, 0.1) is 11.7 Å². The van der Waals surface area contributed by atoms with E-state index in [1.807, 2.05) is 12.1 Å². The van der Waals surface area contributed by atoms with E-state index in [0.29, 0.717) is 0 Å². The second kappa shape index (κ2) is 3.26. The Bertz CT molecular complexity index is 246. The Balaban J connectivity index is 1.89. The number of hydrogen-bond acceptors (Lipinski definition) is 0. The van der Waals surface area contributed by atoms with Gasteiger partial charge in [-0.3, -0.25) is 0 Å². The van der Waals surface area contributed by atoms with Crippen LogP contribution in [0.3, 0.4) is 0 Å². The molecule has 0 atom stereocenters. The van der Waals surface area contributed by atoms with E-state index in [1.54, 1.807) is 12.1 Å². The number of halogens is 1. The molecule has 0 amide bonds. The van der Waals surface area contributed by atoms with Crippen molar-refractivity contribution in [1.82, 2.24) is 0 Å². The first-order chi connectivity index (χ1) is 5.84. The van der Waals surface area contributed by atoms with Gasteiger partial charge in [0, 0.05) is 0 Å². The molecule has 64 valence electrons. The van der Waals surface area contributed by atoms with Crippen molar-refractivity contribution in [2.24, 2.45) is 5.92 Å². The highest BCUT2D eigenvalue weighted by molar-refractivity contribution is 5.16. The quantitative estimate of drug-likeness (QED) is 0.643. The Labute approximate surface area is 72.4 Å². The van der Waals surface area contributed by atoms with Crippen LogP contribution < -0.4 is 0 Å². The number of benzene rings is 1. The van der Waals surface area contributed by atoms with Crippen molar-refractivity contribution in [3.63, 3.8) is 0 Å². The lowest BCUT2D eigenvalue weighted by molar-refractivity contribution is 0.626. The zero-order chi connectivity index (χ0) is 8.39. The third-order valence-corrected chi connectivity index (χ3v) is 2.45. The molecule has 1 heteroatoms. The van der Waals surface area contributed by atoms with Gasteiger partial charge in [0.2, 0.25) is 0 Å². The standard InChI is InChI=1S/C11H13F/c12-11-7-5-10(6-8-11)4-3-9-1-2-9/h5-9H,1-4H2. The molecule has 1 aliphatic carbocycles. The maximum Gasteiger partial charge on any atom is 0.123 e. The summed E-state index contributed by atoms with van der Waals surface area (Å²) in [6.45, 7) is 0. The molecular formula is C11H13F. The van der Waals surface area contributed by atoms with Gasteiger partial charge < -0.3 is 0 Å². The van der Waals surface area contributed by atoms with E-state index in [2.05, 4.69) is 0 Å². The molecule has 1 aromatic rings. The van der Waals surface area contributed by atoms with Gasteiger partial charge in [0.15, 0.2) is 0 Å². The van der Waals surface area contributed by atoms with Gasteiger partial charge in [-0.1, -0.05) is 25.0 Å². The third-order valence-electron chi connectivity index (χ3n) is 2.45. The molecule has 12 heavy (non-hydrogen) atoms. The van der Waals surface area contributed by atoms with Crippen molar-refractivity contribution >= 4 is 0 Å². The first kappa shape index (κ1) is 7.78. The summed E-state index contributed by atoms with van der Waals surface area (Å²) in [5, 5.41) is 0. The second-order valence-electron chi connectivity index (χ2n) is 3.61. The van der Waals surface area contributed by atoms with Crippen LogP contribution >= 0.6 is 0 Å². The maximum absolute atomic E-state index is 12.5. The Hall–Kier alpha value is -0.850. The van der Waals surface area contributed by atoms with Gasteiger partial charge in [0.25, 0.3) is 0 Å². The first-order valence-electron chi connectivity index (χ1n) is 4.59. The lowest BCUT2D eigenvalue weighted by Crippen LogP contribution is -1.86. The average molecular weight is 164 g/mol. The van der Waals surface area contributed by atoms with Gasteiger partial charge >= 0.3 is 0 Å². The predicted octanol–water partition coefficient (Wildman–Crippen LogP) is 3.17. The van der Waals surface area contributed by atoms with E-state index in [0.717, 1.165) is 12.3 Å². The molecule has 0 N–H and O–H groups in total. The van der Waals surface area contributed by atoms with Crippen LogP contribution in [0.1, 0.15) is 24.8 Å². The SMILES string of the molecule is Fc1ccc(CCC2CC2)cc1. The van der Waals surface area contributed by atoms with Crippen molar-refractivity contribution in [3.8, 4) is 0 Å². The van der Waals surface area contributed by atoms with E-state index in [4.69, 9.17) is 0 Å². The van der Waals surface area contributed by atoms with Crippen molar-refractivity contribution < 1.29 is 4.39 Å². The van der Waals surface area contributed by atoms with Gasteiger partial charge in [0.05, 0.1) is 0 Å². The highest BCUT2D eigenvalue weighted by Crippen LogP contribution is 2.33. The number of aryl methyl sites for hydroxylation is 1. The topological polar surface area (TPSA) is 0 Å². The highest BCUT2D eigenvalue weighted by Gasteiger charge is 2.20. The fourth-order valence-corrected chi connectivity index (χ4v) is 1.43. The van der Waals surface area contributed by atoms with Gasteiger partial charge in [-0.15, -0.1) is 0 Å². The summed E-state index contributed by atoms with van der Waals surface area (Å²) in [6, 6.07) is 6.86. The summed E-state index contributed by atoms with van der Waals surface area (Å²) < 4.78 is 12.5. The summed E-state index contributed by atoms with van der Waals surface area (Å²) in [7, 11) is 0. The van der Waals surface area contributed by atoms with Gasteiger partial charge in [-0.25, -0.2) is 4.39 Å². The van der Waals surface area contributed by atoms with E-state index in [9.17, 15) is 4.39 Å². The number of hydrogen-bond donors (Lipinski definition) is 0. The Kier molecular flexibility index (Phi) is 2.11. The van der Waals surface area contributed by atoms with Crippen LogP contribution in [0.15, 0.2) is 24.3 Å². The third kappa shape index (κ3) is 2.07. The van der Waals surface area contributed by atoms with E-state index in [-0.39, 0.29) is 5.82 Å². The van der Waals surface area contributed by atoms with E-state index in [1.165, 1.54) is 24.8 Å². The molecule has 0 heterocycles. The molecular weight excluding hydrogens is 151 g/mol. The smallest absolute Gasteiger partial charge is 0.123 e. The Morgan fingerprint density at radius 3 is 2.42 bits per heavy atom. The fraction of sp³-hybridized carbons (Fsp3) is 0.455. The van der Waals surface area contributed by atoms with Crippen molar-refractivity contribution in [1.29, 1.82) is 0 Å². The molecule has 0 unspecified atom stereocenters. The van der Waals surface area contributed by atoms with Crippen LogP contribution in [-0.2, 0) is 6.42 Å². The first-order valence-corrected chi connectivity index (χ1v) is 4.59. The molecule has 0 saturated heterocycles. The maximum atomic E-state index is 12.5. The molecule has 1 aliphatic rings.